The molecule has 0 saturated heterocycles. The summed E-state index contributed by atoms with van der Waals surface area (Å²) in [6.45, 7) is 3.96. The predicted molar refractivity (Wildman–Crippen MR) is 101 cm³/mol. The van der Waals surface area contributed by atoms with Crippen LogP contribution >= 0.6 is 0 Å². The molecule has 1 heterocycles. The van der Waals surface area contributed by atoms with Gasteiger partial charge in [-0.25, -0.2) is 9.59 Å². The van der Waals surface area contributed by atoms with Gasteiger partial charge in [0.05, 0.1) is 18.2 Å². The van der Waals surface area contributed by atoms with Gasteiger partial charge in [0.2, 0.25) is 0 Å². The van der Waals surface area contributed by atoms with Crippen molar-refractivity contribution in [1.29, 1.82) is 0 Å². The van der Waals surface area contributed by atoms with Gasteiger partial charge in [0, 0.05) is 5.70 Å². The maximum Gasteiger partial charge on any atom is 0.338 e. The summed E-state index contributed by atoms with van der Waals surface area (Å²) in [4.78, 5) is 24.4. The van der Waals surface area contributed by atoms with Gasteiger partial charge < -0.3 is 20.1 Å². The molecule has 0 radical (unpaired) electrons. The molecule has 1 unspecified atom stereocenters. The van der Waals surface area contributed by atoms with E-state index in [2.05, 4.69) is 10.6 Å². The van der Waals surface area contributed by atoms with E-state index in [-0.39, 0.29) is 6.03 Å². The maximum atomic E-state index is 12.5. The zero-order valence-electron chi connectivity index (χ0n) is 15.3. The van der Waals surface area contributed by atoms with E-state index in [0.717, 1.165) is 17.7 Å². The zero-order chi connectivity index (χ0) is 19.2. The third-order valence-corrected chi connectivity index (χ3v) is 4.12. The number of nitrogens with one attached hydrogen (secondary N) is 2. The zero-order valence-corrected chi connectivity index (χ0v) is 15.3. The molecular weight excluding hydrogens is 344 g/mol. The number of hydrogen-bond acceptors (Lipinski definition) is 4. The van der Waals surface area contributed by atoms with Crippen LogP contribution in [-0.4, -0.2) is 18.6 Å². The summed E-state index contributed by atoms with van der Waals surface area (Å²) in [5.41, 5.74) is 1.67. The van der Waals surface area contributed by atoms with E-state index in [0.29, 0.717) is 23.6 Å². The Balaban J connectivity index is 1.83. The Morgan fingerprint density at radius 3 is 2.37 bits per heavy atom. The van der Waals surface area contributed by atoms with E-state index in [1.807, 2.05) is 49.4 Å². The van der Waals surface area contributed by atoms with Crippen LogP contribution in [0.2, 0.25) is 0 Å². The quantitative estimate of drug-likeness (QED) is 0.756. The molecule has 0 fully saturated rings. The second-order valence-corrected chi connectivity index (χ2v) is 6.19. The van der Waals surface area contributed by atoms with E-state index < -0.39 is 12.0 Å². The minimum absolute atomic E-state index is 0.333. The molecule has 140 valence electrons. The molecule has 0 aliphatic carbocycles. The Labute approximate surface area is 158 Å². The number of hydrogen-bond donors (Lipinski definition) is 2. The van der Waals surface area contributed by atoms with Crippen LogP contribution < -0.4 is 15.4 Å². The molecule has 3 rings (SSSR count). The SMILES string of the molecule is CCCOC(=O)C1=C(C)NC(=O)NC1c1ccc(Oc2ccccc2)cc1. The van der Waals surface area contributed by atoms with Gasteiger partial charge in [-0.15, -0.1) is 0 Å². The minimum atomic E-state index is -0.575. The Hall–Kier alpha value is -3.28. The van der Waals surface area contributed by atoms with Crippen molar-refractivity contribution in [2.24, 2.45) is 0 Å². The van der Waals surface area contributed by atoms with E-state index >= 15 is 0 Å². The van der Waals surface area contributed by atoms with Gasteiger partial charge >= 0.3 is 12.0 Å². The van der Waals surface area contributed by atoms with Crippen molar-refractivity contribution >= 4 is 12.0 Å². The lowest BCUT2D eigenvalue weighted by atomic mass is 9.95. The molecule has 27 heavy (non-hydrogen) atoms. The van der Waals surface area contributed by atoms with E-state index in [9.17, 15) is 9.59 Å². The van der Waals surface area contributed by atoms with Gasteiger partial charge in [-0.1, -0.05) is 37.3 Å². The fourth-order valence-corrected chi connectivity index (χ4v) is 2.84. The summed E-state index contributed by atoms with van der Waals surface area (Å²) in [5.74, 6) is 0.970. The first-order chi connectivity index (χ1) is 13.1. The second-order valence-electron chi connectivity index (χ2n) is 6.19. The third kappa shape index (κ3) is 4.47. The molecule has 2 N–H and O–H groups in total. The van der Waals surface area contributed by atoms with Crippen LogP contribution in [-0.2, 0) is 9.53 Å². The molecule has 2 amide bonds. The molecule has 6 nitrogen and oxygen atoms in total. The van der Waals surface area contributed by atoms with Crippen molar-refractivity contribution in [2.75, 3.05) is 6.61 Å². The van der Waals surface area contributed by atoms with Crippen molar-refractivity contribution in [3.05, 3.63) is 71.4 Å². The number of carbonyl (C=O) groups is 2. The first-order valence-corrected chi connectivity index (χ1v) is 8.86. The predicted octanol–water partition coefficient (Wildman–Crippen LogP) is 4.06. The highest BCUT2D eigenvalue weighted by Gasteiger charge is 2.32. The summed E-state index contributed by atoms with van der Waals surface area (Å²) in [5, 5.41) is 5.42. The maximum absolute atomic E-state index is 12.5. The first-order valence-electron chi connectivity index (χ1n) is 8.86. The lowest BCUT2D eigenvalue weighted by molar-refractivity contribution is -0.139. The number of rotatable bonds is 6. The van der Waals surface area contributed by atoms with Gasteiger partial charge in [-0.05, 0) is 43.2 Å². The highest BCUT2D eigenvalue weighted by Crippen LogP contribution is 2.30. The summed E-state index contributed by atoms with van der Waals surface area (Å²) in [7, 11) is 0. The van der Waals surface area contributed by atoms with Crippen molar-refractivity contribution < 1.29 is 19.1 Å². The van der Waals surface area contributed by atoms with Crippen LogP contribution in [0, 0.1) is 0 Å². The monoisotopic (exact) mass is 366 g/mol. The van der Waals surface area contributed by atoms with Crippen LogP contribution in [0.4, 0.5) is 4.79 Å². The number of amides is 2. The number of urea groups is 1. The van der Waals surface area contributed by atoms with Crippen LogP contribution in [0.25, 0.3) is 0 Å². The molecule has 2 aromatic rings. The highest BCUT2D eigenvalue weighted by atomic mass is 16.5. The van der Waals surface area contributed by atoms with Gasteiger partial charge in [0.25, 0.3) is 0 Å². The number of para-hydroxylation sites is 1. The lowest BCUT2D eigenvalue weighted by Gasteiger charge is -2.28. The number of esters is 1. The normalized spacial score (nSPS) is 16.4. The molecule has 0 saturated carbocycles. The molecule has 1 aliphatic rings. The molecule has 0 aromatic heterocycles. The van der Waals surface area contributed by atoms with Crippen molar-refractivity contribution in [1.82, 2.24) is 10.6 Å². The van der Waals surface area contributed by atoms with Gasteiger partial charge in [-0.2, -0.15) is 0 Å². The fraction of sp³-hybridized carbons (Fsp3) is 0.238. The minimum Gasteiger partial charge on any atom is -0.462 e. The van der Waals surface area contributed by atoms with Crippen molar-refractivity contribution in [2.45, 2.75) is 26.3 Å². The molecular formula is C21H22N2O4. The second kappa shape index (κ2) is 8.40. The first kappa shape index (κ1) is 18.5. The highest BCUT2D eigenvalue weighted by molar-refractivity contribution is 5.95. The summed E-state index contributed by atoms with van der Waals surface area (Å²) < 4.78 is 11.1. The van der Waals surface area contributed by atoms with Crippen LogP contribution in [0.5, 0.6) is 11.5 Å². The van der Waals surface area contributed by atoms with E-state index in [1.54, 1.807) is 19.1 Å². The summed E-state index contributed by atoms with van der Waals surface area (Å²) >= 11 is 0. The van der Waals surface area contributed by atoms with Gasteiger partial charge in [0.15, 0.2) is 0 Å². The van der Waals surface area contributed by atoms with E-state index in [4.69, 9.17) is 9.47 Å². The summed E-state index contributed by atoms with van der Waals surface area (Å²) in [6.07, 6.45) is 0.730. The number of carbonyl (C=O) groups excluding carboxylic acids is 2. The van der Waals surface area contributed by atoms with Crippen LogP contribution in [0.3, 0.4) is 0 Å². The van der Waals surface area contributed by atoms with Crippen molar-refractivity contribution in [3.8, 4) is 11.5 Å². The lowest BCUT2D eigenvalue weighted by Crippen LogP contribution is -2.45. The average Bonchev–Trinajstić information content (AvgIpc) is 2.67. The molecule has 2 aromatic carbocycles. The Kier molecular flexibility index (Phi) is 5.76. The molecule has 0 spiro atoms. The third-order valence-electron chi connectivity index (χ3n) is 4.12. The van der Waals surface area contributed by atoms with Gasteiger partial charge in [0.1, 0.15) is 11.5 Å². The molecule has 6 heteroatoms. The standard InChI is InChI=1S/C21H22N2O4/c1-3-13-26-20(24)18-14(2)22-21(25)23-19(18)15-9-11-17(12-10-15)27-16-7-5-4-6-8-16/h4-12,19H,3,13H2,1-2H3,(H2,22,23,25). The molecule has 0 bridgehead atoms. The van der Waals surface area contributed by atoms with Crippen LogP contribution in [0.15, 0.2) is 65.9 Å². The fourth-order valence-electron chi connectivity index (χ4n) is 2.84. The summed E-state index contributed by atoms with van der Waals surface area (Å²) in [6, 6.07) is 15.8. The largest absolute Gasteiger partial charge is 0.462 e. The Bertz CT molecular complexity index is 844. The van der Waals surface area contributed by atoms with Crippen molar-refractivity contribution in [3.63, 3.8) is 0 Å². The Morgan fingerprint density at radius 2 is 1.70 bits per heavy atom. The van der Waals surface area contributed by atoms with E-state index in [1.165, 1.54) is 0 Å². The molecule has 1 atom stereocenters. The van der Waals surface area contributed by atoms with Gasteiger partial charge in [-0.3, -0.25) is 0 Å². The number of allylic oxidation sites excluding steroid dienone is 1. The number of benzene rings is 2. The Morgan fingerprint density at radius 1 is 1.04 bits per heavy atom. The van der Waals surface area contributed by atoms with Crippen LogP contribution in [0.1, 0.15) is 31.9 Å². The molecule has 1 aliphatic heterocycles. The smallest absolute Gasteiger partial charge is 0.338 e. The number of ether oxygens (including phenoxy) is 2. The topological polar surface area (TPSA) is 76.7 Å². The average molecular weight is 366 g/mol.